The minimum atomic E-state index is 0.342. The number of aromatic nitrogens is 2. The molecule has 0 fully saturated rings. The van der Waals surface area contributed by atoms with E-state index in [1.165, 1.54) is 11.1 Å². The van der Waals surface area contributed by atoms with Crippen LogP contribution in [-0.2, 0) is 6.42 Å². The summed E-state index contributed by atoms with van der Waals surface area (Å²) in [6.07, 6.45) is 1.06. The van der Waals surface area contributed by atoms with Gasteiger partial charge in [-0.15, -0.1) is 0 Å². The summed E-state index contributed by atoms with van der Waals surface area (Å²) < 4.78 is 1.03. The minimum Gasteiger partial charge on any atom is -0.365 e. The van der Waals surface area contributed by atoms with Crippen LogP contribution < -0.4 is 10.2 Å². The molecule has 5 heteroatoms. The summed E-state index contributed by atoms with van der Waals surface area (Å²) in [7, 11) is 0. The van der Waals surface area contributed by atoms with E-state index >= 15 is 0 Å². The summed E-state index contributed by atoms with van der Waals surface area (Å²) >= 11 is 3.50. The highest BCUT2D eigenvalue weighted by Crippen LogP contribution is 2.39. The number of rotatable bonds is 0. The number of benzene rings is 2. The molecule has 0 radical (unpaired) electrons. The highest BCUT2D eigenvalue weighted by molar-refractivity contribution is 9.10. The number of nitrogens with zero attached hydrogens (tertiary/aromatic N) is 3. The van der Waals surface area contributed by atoms with Gasteiger partial charge in [-0.1, -0.05) is 40.2 Å². The zero-order chi connectivity index (χ0) is 15.4. The lowest BCUT2D eigenvalue weighted by Gasteiger charge is -2.42. The highest BCUT2D eigenvalue weighted by Gasteiger charge is 2.33. The van der Waals surface area contributed by atoms with E-state index in [1.54, 1.807) is 0 Å². The first-order valence-electron chi connectivity index (χ1n) is 7.85. The molecule has 1 aromatic heterocycles. The maximum Gasteiger partial charge on any atom is 0.172 e. The van der Waals surface area contributed by atoms with E-state index in [2.05, 4.69) is 50.4 Å². The van der Waals surface area contributed by atoms with Crippen LogP contribution in [0, 0.1) is 0 Å². The molecule has 2 aliphatic heterocycles. The van der Waals surface area contributed by atoms with E-state index < -0.39 is 0 Å². The third-order valence-electron chi connectivity index (χ3n) is 4.76. The molecule has 0 amide bonds. The van der Waals surface area contributed by atoms with Crippen molar-refractivity contribution in [2.24, 2.45) is 0 Å². The monoisotopic (exact) mass is 366 g/mol. The van der Waals surface area contributed by atoms with Crippen molar-refractivity contribution < 1.29 is 0 Å². The van der Waals surface area contributed by atoms with Crippen molar-refractivity contribution in [3.63, 3.8) is 0 Å². The predicted octanol–water partition coefficient (Wildman–Crippen LogP) is 3.92. The number of nitrogens with one attached hydrogen (secondary N) is 1. The summed E-state index contributed by atoms with van der Waals surface area (Å²) in [4.78, 5) is 12.1. The first kappa shape index (κ1) is 13.3. The van der Waals surface area contributed by atoms with E-state index in [1.807, 2.05) is 18.2 Å². The maximum absolute atomic E-state index is 4.89. The standard InChI is InChI=1S/C18H15BrN4/c19-12-5-6-14-15(9-12)21-17-18(22-14)23-8-7-11-3-1-2-4-13(11)16(23)10-20-17/h1-6,9,16H,7-8,10H2,(H,20,21). The molecule has 114 valence electrons. The van der Waals surface area contributed by atoms with Gasteiger partial charge in [0.1, 0.15) is 0 Å². The fraction of sp³-hybridized carbons (Fsp3) is 0.222. The third kappa shape index (κ3) is 2.03. The van der Waals surface area contributed by atoms with Gasteiger partial charge in [-0.05, 0) is 35.7 Å². The quantitative estimate of drug-likeness (QED) is 0.654. The lowest BCUT2D eigenvalue weighted by molar-refractivity contribution is 0.582. The van der Waals surface area contributed by atoms with Crippen molar-refractivity contribution in [3.8, 4) is 0 Å². The van der Waals surface area contributed by atoms with Crippen LogP contribution in [0.15, 0.2) is 46.9 Å². The minimum absolute atomic E-state index is 0.342. The number of fused-ring (bicyclic) bond motifs is 6. The maximum atomic E-state index is 4.89. The van der Waals surface area contributed by atoms with Crippen molar-refractivity contribution >= 4 is 38.6 Å². The molecule has 0 aliphatic carbocycles. The topological polar surface area (TPSA) is 41.1 Å². The molecule has 1 N–H and O–H groups in total. The Hall–Kier alpha value is -2.14. The largest absolute Gasteiger partial charge is 0.365 e. The molecular formula is C18H15BrN4. The molecular weight excluding hydrogens is 352 g/mol. The molecule has 1 unspecified atom stereocenters. The Morgan fingerprint density at radius 2 is 2.00 bits per heavy atom. The van der Waals surface area contributed by atoms with Crippen LogP contribution >= 0.6 is 15.9 Å². The van der Waals surface area contributed by atoms with Crippen molar-refractivity contribution in [3.05, 3.63) is 58.1 Å². The van der Waals surface area contributed by atoms with Crippen LogP contribution in [0.2, 0.25) is 0 Å². The summed E-state index contributed by atoms with van der Waals surface area (Å²) in [5.41, 5.74) is 4.72. The summed E-state index contributed by atoms with van der Waals surface area (Å²) in [5.74, 6) is 1.87. The van der Waals surface area contributed by atoms with Crippen LogP contribution in [0.4, 0.5) is 11.6 Å². The van der Waals surface area contributed by atoms with Crippen LogP contribution in [0.1, 0.15) is 17.2 Å². The van der Waals surface area contributed by atoms with Crippen LogP contribution in [-0.4, -0.2) is 23.1 Å². The van der Waals surface area contributed by atoms with Crippen molar-refractivity contribution in [1.29, 1.82) is 0 Å². The van der Waals surface area contributed by atoms with Gasteiger partial charge in [-0.25, -0.2) is 9.97 Å². The van der Waals surface area contributed by atoms with Gasteiger partial charge in [0.15, 0.2) is 11.6 Å². The highest BCUT2D eigenvalue weighted by atomic mass is 79.9. The summed E-state index contributed by atoms with van der Waals surface area (Å²) in [6, 6.07) is 15.1. The molecule has 5 rings (SSSR count). The van der Waals surface area contributed by atoms with E-state index in [4.69, 9.17) is 9.97 Å². The van der Waals surface area contributed by atoms with E-state index in [-0.39, 0.29) is 0 Å². The lowest BCUT2D eigenvalue weighted by Crippen LogP contribution is -2.43. The molecule has 23 heavy (non-hydrogen) atoms. The molecule has 3 aromatic rings. The third-order valence-corrected chi connectivity index (χ3v) is 5.25. The molecule has 1 atom stereocenters. The first-order valence-corrected chi connectivity index (χ1v) is 8.64. The molecule has 2 aliphatic rings. The second-order valence-corrected chi connectivity index (χ2v) is 6.98. The van der Waals surface area contributed by atoms with Crippen molar-refractivity contribution in [2.45, 2.75) is 12.5 Å². The molecule has 3 heterocycles. The predicted molar refractivity (Wildman–Crippen MR) is 96.0 cm³/mol. The Balaban J connectivity index is 1.66. The average molecular weight is 367 g/mol. The van der Waals surface area contributed by atoms with E-state index in [9.17, 15) is 0 Å². The van der Waals surface area contributed by atoms with Crippen molar-refractivity contribution in [2.75, 3.05) is 23.3 Å². The number of anilines is 2. The fourth-order valence-corrected chi connectivity index (χ4v) is 4.00. The zero-order valence-electron chi connectivity index (χ0n) is 12.5. The van der Waals surface area contributed by atoms with Gasteiger partial charge in [0, 0.05) is 17.6 Å². The normalized spacial score (nSPS) is 18.8. The molecule has 0 spiro atoms. The van der Waals surface area contributed by atoms with Gasteiger partial charge in [0.2, 0.25) is 0 Å². The zero-order valence-corrected chi connectivity index (χ0v) is 14.0. The van der Waals surface area contributed by atoms with Gasteiger partial charge in [0.05, 0.1) is 17.1 Å². The van der Waals surface area contributed by atoms with E-state index in [0.29, 0.717) is 6.04 Å². The Labute approximate surface area is 142 Å². The Bertz CT molecular complexity index is 924. The Kier molecular flexibility index (Phi) is 2.85. The van der Waals surface area contributed by atoms with Crippen molar-refractivity contribution in [1.82, 2.24) is 9.97 Å². The number of hydrogen-bond donors (Lipinski definition) is 1. The Morgan fingerprint density at radius 3 is 2.96 bits per heavy atom. The van der Waals surface area contributed by atoms with E-state index in [0.717, 1.165) is 46.7 Å². The van der Waals surface area contributed by atoms with Crippen LogP contribution in [0.25, 0.3) is 11.0 Å². The molecule has 0 bridgehead atoms. The summed E-state index contributed by atoms with van der Waals surface area (Å²) in [5, 5.41) is 3.48. The SMILES string of the molecule is Brc1ccc2nc3c(nc2c1)NCC1c2ccccc2CCN31. The molecule has 4 nitrogen and oxygen atoms in total. The van der Waals surface area contributed by atoms with Crippen LogP contribution in [0.5, 0.6) is 0 Å². The molecule has 0 saturated heterocycles. The average Bonchev–Trinajstić information content (AvgIpc) is 2.59. The number of halogens is 1. The molecule has 2 aromatic carbocycles. The van der Waals surface area contributed by atoms with Gasteiger partial charge in [-0.2, -0.15) is 0 Å². The van der Waals surface area contributed by atoms with Gasteiger partial charge in [0.25, 0.3) is 0 Å². The van der Waals surface area contributed by atoms with Crippen LogP contribution in [0.3, 0.4) is 0 Å². The lowest BCUT2D eigenvalue weighted by atomic mass is 9.91. The fourth-order valence-electron chi connectivity index (χ4n) is 3.66. The Morgan fingerprint density at radius 1 is 1.09 bits per heavy atom. The second kappa shape index (κ2) is 4.93. The van der Waals surface area contributed by atoms with Gasteiger partial charge < -0.3 is 10.2 Å². The summed E-state index contributed by atoms with van der Waals surface area (Å²) in [6.45, 7) is 1.87. The number of hydrogen-bond acceptors (Lipinski definition) is 4. The smallest absolute Gasteiger partial charge is 0.172 e. The molecule has 0 saturated carbocycles. The second-order valence-electron chi connectivity index (χ2n) is 6.07. The first-order chi connectivity index (χ1) is 11.3. The van der Waals surface area contributed by atoms with Gasteiger partial charge >= 0.3 is 0 Å². The van der Waals surface area contributed by atoms with Gasteiger partial charge in [-0.3, -0.25) is 0 Å².